The second-order valence-corrected chi connectivity index (χ2v) is 6.89. The summed E-state index contributed by atoms with van der Waals surface area (Å²) < 4.78 is 0. The van der Waals surface area contributed by atoms with E-state index in [1.54, 1.807) is 17.5 Å². The number of carbonyl (C=O) groups is 1. The lowest BCUT2D eigenvalue weighted by atomic mass is 10.1. The average Bonchev–Trinajstić information content (AvgIpc) is 3.18. The molecule has 3 rings (SSSR count). The molecular weight excluding hydrogens is 314 g/mol. The molecule has 112 valence electrons. The van der Waals surface area contributed by atoms with Crippen molar-refractivity contribution in [2.45, 2.75) is 19.9 Å². The molecule has 0 saturated carbocycles. The van der Waals surface area contributed by atoms with Crippen LogP contribution in [0, 0.1) is 6.92 Å². The van der Waals surface area contributed by atoms with E-state index < -0.39 is 0 Å². The highest BCUT2D eigenvalue weighted by Crippen LogP contribution is 2.23. The van der Waals surface area contributed by atoms with E-state index in [4.69, 9.17) is 0 Å². The molecule has 0 unspecified atom stereocenters. The monoisotopic (exact) mass is 329 g/mol. The summed E-state index contributed by atoms with van der Waals surface area (Å²) in [5.74, 6) is -0.100. The number of benzene rings is 1. The van der Waals surface area contributed by atoms with E-state index in [2.05, 4.69) is 15.3 Å². The van der Waals surface area contributed by atoms with E-state index in [0.29, 0.717) is 5.56 Å². The quantitative estimate of drug-likeness (QED) is 0.785. The van der Waals surface area contributed by atoms with Crippen LogP contribution >= 0.6 is 22.7 Å². The third kappa shape index (κ3) is 3.23. The van der Waals surface area contributed by atoms with E-state index in [1.165, 1.54) is 11.3 Å². The molecule has 22 heavy (non-hydrogen) atoms. The Balaban J connectivity index is 1.78. The lowest BCUT2D eigenvalue weighted by Crippen LogP contribution is -2.26. The Hall–Kier alpha value is -2.05. The van der Waals surface area contributed by atoms with Crippen LogP contribution < -0.4 is 5.32 Å². The van der Waals surface area contributed by atoms with Gasteiger partial charge < -0.3 is 5.32 Å². The first-order valence-electron chi connectivity index (χ1n) is 6.86. The summed E-state index contributed by atoms with van der Waals surface area (Å²) in [5, 5.41) is 8.80. The number of hydrogen-bond acceptors (Lipinski definition) is 5. The fourth-order valence-electron chi connectivity index (χ4n) is 2.11. The van der Waals surface area contributed by atoms with Crippen LogP contribution in [0.25, 0.3) is 11.3 Å². The number of amides is 1. The van der Waals surface area contributed by atoms with Gasteiger partial charge >= 0.3 is 0 Å². The van der Waals surface area contributed by atoms with Gasteiger partial charge in [0.1, 0.15) is 5.01 Å². The first-order chi connectivity index (χ1) is 10.6. The summed E-state index contributed by atoms with van der Waals surface area (Å²) in [4.78, 5) is 21.1. The lowest BCUT2D eigenvalue weighted by Gasteiger charge is -2.11. The van der Waals surface area contributed by atoms with E-state index in [0.717, 1.165) is 21.3 Å². The van der Waals surface area contributed by atoms with E-state index in [1.807, 2.05) is 48.9 Å². The molecule has 0 aliphatic heterocycles. The van der Waals surface area contributed by atoms with Crippen LogP contribution in [0.5, 0.6) is 0 Å². The molecule has 0 aliphatic carbocycles. The zero-order valence-electron chi connectivity index (χ0n) is 12.2. The van der Waals surface area contributed by atoms with Crippen molar-refractivity contribution in [2.75, 3.05) is 0 Å². The van der Waals surface area contributed by atoms with E-state index in [-0.39, 0.29) is 11.9 Å². The van der Waals surface area contributed by atoms with Crippen molar-refractivity contribution >= 4 is 28.6 Å². The van der Waals surface area contributed by atoms with Crippen molar-refractivity contribution in [3.63, 3.8) is 0 Å². The zero-order chi connectivity index (χ0) is 15.5. The summed E-state index contributed by atoms with van der Waals surface area (Å²) in [6, 6.07) is 7.44. The minimum atomic E-state index is -0.100. The molecule has 6 heteroatoms. The van der Waals surface area contributed by atoms with Gasteiger partial charge in [0.25, 0.3) is 5.91 Å². The number of rotatable bonds is 4. The van der Waals surface area contributed by atoms with Gasteiger partial charge in [-0.05, 0) is 26.0 Å². The van der Waals surface area contributed by atoms with Crippen LogP contribution in [-0.2, 0) is 0 Å². The molecule has 0 aliphatic rings. The summed E-state index contributed by atoms with van der Waals surface area (Å²) in [7, 11) is 0. The van der Waals surface area contributed by atoms with Gasteiger partial charge in [0.2, 0.25) is 0 Å². The topological polar surface area (TPSA) is 54.9 Å². The molecule has 0 radical (unpaired) electrons. The lowest BCUT2D eigenvalue weighted by molar-refractivity contribution is 0.0940. The van der Waals surface area contributed by atoms with Crippen LogP contribution in [0.1, 0.15) is 33.3 Å². The number of aromatic nitrogens is 2. The molecular formula is C16H15N3OS2. The Bertz CT molecular complexity index is 780. The summed E-state index contributed by atoms with van der Waals surface area (Å²) >= 11 is 3.14. The fourth-order valence-corrected chi connectivity index (χ4v) is 3.37. The highest BCUT2D eigenvalue weighted by molar-refractivity contribution is 7.10. The highest BCUT2D eigenvalue weighted by atomic mass is 32.1. The second kappa shape index (κ2) is 6.37. The Morgan fingerprint density at radius 2 is 2.18 bits per heavy atom. The maximum atomic E-state index is 12.4. The third-order valence-electron chi connectivity index (χ3n) is 3.21. The zero-order valence-corrected chi connectivity index (χ0v) is 13.9. The van der Waals surface area contributed by atoms with Crippen LogP contribution in [0.4, 0.5) is 0 Å². The van der Waals surface area contributed by atoms with Gasteiger partial charge in [0.05, 0.1) is 16.7 Å². The van der Waals surface area contributed by atoms with Crippen molar-refractivity contribution in [1.29, 1.82) is 0 Å². The van der Waals surface area contributed by atoms with Crippen molar-refractivity contribution in [3.05, 3.63) is 56.8 Å². The number of nitrogens with zero attached hydrogens (tertiary/aromatic N) is 2. The van der Waals surface area contributed by atoms with Crippen molar-refractivity contribution in [1.82, 2.24) is 15.3 Å². The Morgan fingerprint density at radius 3 is 2.86 bits per heavy atom. The minimum Gasteiger partial charge on any atom is -0.343 e. The first-order valence-corrected chi connectivity index (χ1v) is 8.62. The number of aryl methyl sites for hydroxylation is 1. The van der Waals surface area contributed by atoms with Gasteiger partial charge in [-0.15, -0.1) is 22.7 Å². The standard InChI is InChI=1S/C16H15N3OS2/c1-10(16-17-6-7-21-16)18-15(20)13-5-3-4-12(8-13)14-9-22-11(2)19-14/h3-10H,1-2H3,(H,18,20)/t10-/m1/s1. The average molecular weight is 329 g/mol. The molecule has 4 nitrogen and oxygen atoms in total. The molecule has 0 bridgehead atoms. The molecule has 0 spiro atoms. The van der Waals surface area contributed by atoms with Gasteiger partial charge in [-0.1, -0.05) is 12.1 Å². The maximum Gasteiger partial charge on any atom is 0.251 e. The van der Waals surface area contributed by atoms with Gasteiger partial charge in [-0.25, -0.2) is 9.97 Å². The normalized spacial score (nSPS) is 12.1. The smallest absolute Gasteiger partial charge is 0.251 e. The Kier molecular flexibility index (Phi) is 4.31. The molecule has 2 heterocycles. The third-order valence-corrected chi connectivity index (χ3v) is 4.94. The predicted molar refractivity (Wildman–Crippen MR) is 90.3 cm³/mol. The summed E-state index contributed by atoms with van der Waals surface area (Å²) in [5.41, 5.74) is 2.50. The van der Waals surface area contributed by atoms with Crippen molar-refractivity contribution < 1.29 is 4.79 Å². The van der Waals surface area contributed by atoms with Crippen LogP contribution in [0.3, 0.4) is 0 Å². The number of nitrogens with one attached hydrogen (secondary N) is 1. The minimum absolute atomic E-state index is 0.0994. The molecule has 0 saturated heterocycles. The van der Waals surface area contributed by atoms with Gasteiger partial charge in [0, 0.05) is 28.1 Å². The predicted octanol–water partition coefficient (Wildman–Crippen LogP) is 4.07. The van der Waals surface area contributed by atoms with Gasteiger partial charge in [-0.3, -0.25) is 4.79 Å². The SMILES string of the molecule is Cc1nc(-c2cccc(C(=O)N[C@H](C)c3nccs3)c2)cs1. The van der Waals surface area contributed by atoms with Crippen LogP contribution in [-0.4, -0.2) is 15.9 Å². The van der Waals surface area contributed by atoms with Gasteiger partial charge in [0.15, 0.2) is 0 Å². The number of thiazole rings is 2. The first kappa shape index (κ1) is 14.9. The maximum absolute atomic E-state index is 12.4. The summed E-state index contributed by atoms with van der Waals surface area (Å²) in [6.45, 7) is 3.91. The second-order valence-electron chi connectivity index (χ2n) is 4.90. The Labute approximate surface area is 136 Å². The van der Waals surface area contributed by atoms with Crippen molar-refractivity contribution in [3.8, 4) is 11.3 Å². The molecule has 0 fully saturated rings. The van der Waals surface area contributed by atoms with Gasteiger partial charge in [-0.2, -0.15) is 0 Å². The number of hydrogen-bond donors (Lipinski definition) is 1. The van der Waals surface area contributed by atoms with E-state index >= 15 is 0 Å². The molecule has 1 N–H and O–H groups in total. The molecule has 1 aromatic carbocycles. The fraction of sp³-hybridized carbons (Fsp3) is 0.188. The molecule has 1 atom stereocenters. The van der Waals surface area contributed by atoms with Crippen LogP contribution in [0.15, 0.2) is 41.2 Å². The number of carbonyl (C=O) groups excluding carboxylic acids is 1. The summed E-state index contributed by atoms with van der Waals surface area (Å²) in [6.07, 6.45) is 1.74. The Morgan fingerprint density at radius 1 is 1.32 bits per heavy atom. The molecule has 3 aromatic rings. The molecule has 2 aromatic heterocycles. The largest absolute Gasteiger partial charge is 0.343 e. The van der Waals surface area contributed by atoms with E-state index in [9.17, 15) is 4.79 Å². The van der Waals surface area contributed by atoms with Crippen molar-refractivity contribution in [2.24, 2.45) is 0 Å². The van der Waals surface area contributed by atoms with Crippen LogP contribution in [0.2, 0.25) is 0 Å². The molecule has 1 amide bonds. The highest BCUT2D eigenvalue weighted by Gasteiger charge is 2.14.